The second kappa shape index (κ2) is 3.81. The summed E-state index contributed by atoms with van der Waals surface area (Å²) in [5.74, 6) is 0.385. The van der Waals surface area contributed by atoms with E-state index in [-0.39, 0.29) is 23.8 Å². The molecule has 0 bridgehead atoms. The first-order valence-corrected chi connectivity index (χ1v) is 5.38. The Labute approximate surface area is 89.2 Å². The van der Waals surface area contributed by atoms with Crippen LogP contribution < -0.4 is 5.73 Å². The second-order valence-electron chi connectivity index (χ2n) is 4.42. The maximum Gasteiger partial charge on any atom is 0.245 e. The largest absolute Gasteiger partial charge is 0.344 e. The van der Waals surface area contributed by atoms with Gasteiger partial charge in [0, 0.05) is 26.6 Å². The van der Waals surface area contributed by atoms with Gasteiger partial charge in [0.05, 0.1) is 0 Å². The molecule has 2 amide bonds. The number of carbonyl (C=O) groups is 2. The lowest BCUT2D eigenvalue weighted by Crippen LogP contribution is -2.42. The average Bonchev–Trinajstić information content (AvgIpc) is 2.73. The number of nitrogens with two attached hydrogens (primary N) is 1. The first kappa shape index (κ1) is 10.4. The van der Waals surface area contributed by atoms with Crippen LogP contribution in [0.15, 0.2) is 0 Å². The highest BCUT2D eigenvalue weighted by molar-refractivity contribution is 5.90. The number of likely N-dealkylation sites (N-methyl/N-ethyl adjacent to an activating group) is 1. The molecule has 5 heteroatoms. The van der Waals surface area contributed by atoms with Gasteiger partial charge >= 0.3 is 0 Å². The molecule has 0 aromatic heterocycles. The minimum Gasteiger partial charge on any atom is -0.344 e. The van der Waals surface area contributed by atoms with Crippen molar-refractivity contribution in [3.05, 3.63) is 0 Å². The number of hydrogen-bond donors (Lipinski definition) is 1. The van der Waals surface area contributed by atoms with Gasteiger partial charge in [-0.1, -0.05) is 0 Å². The SMILES string of the molecule is CN1CCC(N2CC(CN)CC2=O)C1=O. The van der Waals surface area contributed by atoms with Gasteiger partial charge in [-0.05, 0) is 18.9 Å². The van der Waals surface area contributed by atoms with Crippen LogP contribution in [0.25, 0.3) is 0 Å². The maximum atomic E-state index is 11.7. The van der Waals surface area contributed by atoms with E-state index in [2.05, 4.69) is 0 Å². The van der Waals surface area contributed by atoms with Crippen molar-refractivity contribution in [3.8, 4) is 0 Å². The topological polar surface area (TPSA) is 66.6 Å². The van der Waals surface area contributed by atoms with E-state index in [4.69, 9.17) is 5.73 Å². The van der Waals surface area contributed by atoms with Gasteiger partial charge in [-0.25, -0.2) is 0 Å². The van der Waals surface area contributed by atoms with Crippen molar-refractivity contribution >= 4 is 11.8 Å². The summed E-state index contributed by atoms with van der Waals surface area (Å²) in [6.07, 6.45) is 1.27. The van der Waals surface area contributed by atoms with Gasteiger partial charge in [-0.15, -0.1) is 0 Å². The molecule has 0 aromatic carbocycles. The van der Waals surface area contributed by atoms with E-state index < -0.39 is 0 Å². The van der Waals surface area contributed by atoms with Crippen LogP contribution in [0, 0.1) is 5.92 Å². The minimum absolute atomic E-state index is 0.0704. The summed E-state index contributed by atoms with van der Waals surface area (Å²) < 4.78 is 0. The standard InChI is InChI=1S/C10H17N3O2/c1-12-3-2-8(10(12)15)13-6-7(5-11)4-9(13)14/h7-8H,2-6,11H2,1H3. The summed E-state index contributed by atoms with van der Waals surface area (Å²) in [4.78, 5) is 26.8. The monoisotopic (exact) mass is 211 g/mol. The number of amides is 2. The third kappa shape index (κ3) is 1.71. The smallest absolute Gasteiger partial charge is 0.245 e. The molecule has 0 radical (unpaired) electrons. The van der Waals surface area contributed by atoms with E-state index >= 15 is 0 Å². The Morgan fingerprint density at radius 1 is 1.47 bits per heavy atom. The summed E-state index contributed by atoms with van der Waals surface area (Å²) in [6, 6.07) is -0.223. The van der Waals surface area contributed by atoms with Crippen LogP contribution in [0.2, 0.25) is 0 Å². The molecule has 0 aromatic rings. The molecule has 84 valence electrons. The molecule has 2 atom stereocenters. The molecular formula is C10H17N3O2. The molecule has 0 saturated carbocycles. The van der Waals surface area contributed by atoms with Gasteiger partial charge in [0.1, 0.15) is 6.04 Å². The Hall–Kier alpha value is -1.10. The zero-order valence-electron chi connectivity index (χ0n) is 8.98. The molecular weight excluding hydrogens is 194 g/mol. The van der Waals surface area contributed by atoms with Gasteiger partial charge in [0.15, 0.2) is 0 Å². The molecule has 2 heterocycles. The highest BCUT2D eigenvalue weighted by Crippen LogP contribution is 2.24. The summed E-state index contributed by atoms with van der Waals surface area (Å²) >= 11 is 0. The lowest BCUT2D eigenvalue weighted by atomic mass is 10.1. The molecule has 2 aliphatic heterocycles. The van der Waals surface area contributed by atoms with Crippen molar-refractivity contribution in [2.24, 2.45) is 11.7 Å². The van der Waals surface area contributed by atoms with Crippen molar-refractivity contribution in [2.45, 2.75) is 18.9 Å². The number of rotatable bonds is 2. The first-order valence-electron chi connectivity index (χ1n) is 5.38. The summed E-state index contributed by atoms with van der Waals surface area (Å²) in [7, 11) is 1.78. The van der Waals surface area contributed by atoms with Crippen LogP contribution in [0.3, 0.4) is 0 Å². The fourth-order valence-electron chi connectivity index (χ4n) is 2.36. The van der Waals surface area contributed by atoms with Crippen LogP contribution in [-0.2, 0) is 9.59 Å². The van der Waals surface area contributed by atoms with Crippen molar-refractivity contribution < 1.29 is 9.59 Å². The van der Waals surface area contributed by atoms with E-state index in [1.807, 2.05) is 0 Å². The second-order valence-corrected chi connectivity index (χ2v) is 4.42. The Morgan fingerprint density at radius 3 is 2.67 bits per heavy atom. The minimum atomic E-state index is -0.223. The lowest BCUT2D eigenvalue weighted by molar-refractivity contribution is -0.138. The Kier molecular flexibility index (Phi) is 2.65. The van der Waals surface area contributed by atoms with Gasteiger partial charge in [-0.2, -0.15) is 0 Å². The van der Waals surface area contributed by atoms with E-state index in [9.17, 15) is 9.59 Å². The van der Waals surface area contributed by atoms with E-state index in [0.29, 0.717) is 19.5 Å². The Balaban J connectivity index is 2.06. The fourth-order valence-corrected chi connectivity index (χ4v) is 2.36. The van der Waals surface area contributed by atoms with Gasteiger partial charge in [0.25, 0.3) is 0 Å². The van der Waals surface area contributed by atoms with E-state index in [1.54, 1.807) is 16.8 Å². The third-order valence-corrected chi connectivity index (χ3v) is 3.35. The molecule has 2 fully saturated rings. The van der Waals surface area contributed by atoms with E-state index in [1.165, 1.54) is 0 Å². The zero-order valence-corrected chi connectivity index (χ0v) is 8.98. The first-order chi connectivity index (χ1) is 7.13. The molecule has 15 heavy (non-hydrogen) atoms. The number of carbonyl (C=O) groups excluding carboxylic acids is 2. The van der Waals surface area contributed by atoms with Crippen LogP contribution in [0.1, 0.15) is 12.8 Å². The van der Waals surface area contributed by atoms with Crippen LogP contribution in [0.4, 0.5) is 0 Å². The molecule has 2 rings (SSSR count). The third-order valence-electron chi connectivity index (χ3n) is 3.35. The lowest BCUT2D eigenvalue weighted by Gasteiger charge is -2.22. The summed E-state index contributed by atoms with van der Waals surface area (Å²) in [5.41, 5.74) is 5.54. The van der Waals surface area contributed by atoms with Gasteiger partial charge in [0.2, 0.25) is 11.8 Å². The zero-order chi connectivity index (χ0) is 11.0. The van der Waals surface area contributed by atoms with Crippen molar-refractivity contribution in [1.29, 1.82) is 0 Å². The molecule has 0 spiro atoms. The number of likely N-dealkylation sites (tertiary alicyclic amines) is 2. The van der Waals surface area contributed by atoms with Crippen LogP contribution >= 0.6 is 0 Å². The Bertz CT molecular complexity index is 292. The summed E-state index contributed by atoms with van der Waals surface area (Å²) in [5, 5.41) is 0. The van der Waals surface area contributed by atoms with Crippen LogP contribution in [-0.4, -0.2) is 54.3 Å². The predicted molar refractivity (Wildman–Crippen MR) is 54.9 cm³/mol. The summed E-state index contributed by atoms with van der Waals surface area (Å²) in [6.45, 7) is 1.93. The maximum absolute atomic E-state index is 11.7. The molecule has 2 N–H and O–H groups in total. The highest BCUT2D eigenvalue weighted by Gasteiger charge is 2.40. The van der Waals surface area contributed by atoms with Crippen molar-refractivity contribution in [2.75, 3.05) is 26.7 Å². The number of hydrogen-bond acceptors (Lipinski definition) is 3. The Morgan fingerprint density at radius 2 is 2.20 bits per heavy atom. The van der Waals surface area contributed by atoms with Gasteiger partial charge in [-0.3, -0.25) is 9.59 Å². The molecule has 2 saturated heterocycles. The van der Waals surface area contributed by atoms with E-state index in [0.717, 1.165) is 13.0 Å². The molecule has 2 aliphatic rings. The predicted octanol–water partition coefficient (Wildman–Crippen LogP) is -0.976. The highest BCUT2D eigenvalue weighted by atomic mass is 16.2. The van der Waals surface area contributed by atoms with Gasteiger partial charge < -0.3 is 15.5 Å². The quantitative estimate of drug-likeness (QED) is 0.638. The fraction of sp³-hybridized carbons (Fsp3) is 0.800. The molecule has 5 nitrogen and oxygen atoms in total. The normalized spacial score (nSPS) is 31.9. The number of nitrogens with zero attached hydrogens (tertiary/aromatic N) is 2. The van der Waals surface area contributed by atoms with Crippen molar-refractivity contribution in [1.82, 2.24) is 9.80 Å². The molecule has 0 aliphatic carbocycles. The van der Waals surface area contributed by atoms with Crippen molar-refractivity contribution in [3.63, 3.8) is 0 Å². The molecule has 2 unspecified atom stereocenters. The van der Waals surface area contributed by atoms with Crippen LogP contribution in [0.5, 0.6) is 0 Å². The average molecular weight is 211 g/mol.